The number of benzene rings is 1. The minimum absolute atomic E-state index is 0.238. The van der Waals surface area contributed by atoms with Crippen LogP contribution in [0.5, 0.6) is 5.75 Å². The maximum absolute atomic E-state index is 10.1. The third-order valence-electron chi connectivity index (χ3n) is 3.79. The molecule has 1 N–H and O–H groups in total. The van der Waals surface area contributed by atoms with Gasteiger partial charge in [0, 0.05) is 12.6 Å². The molecule has 0 amide bonds. The predicted octanol–water partition coefficient (Wildman–Crippen LogP) is 2.92. The Hall–Kier alpha value is -1.87. The molecule has 0 fully saturated rings. The van der Waals surface area contributed by atoms with Crippen LogP contribution >= 0.6 is 11.3 Å². The lowest BCUT2D eigenvalue weighted by Crippen LogP contribution is -2.39. The molecule has 0 aliphatic rings. The van der Waals surface area contributed by atoms with Crippen molar-refractivity contribution in [3.8, 4) is 11.8 Å². The van der Waals surface area contributed by atoms with Crippen LogP contribution in [0, 0.1) is 11.3 Å². The van der Waals surface area contributed by atoms with Gasteiger partial charge in [0.05, 0.1) is 11.6 Å². The van der Waals surface area contributed by atoms with Crippen molar-refractivity contribution in [3.63, 3.8) is 0 Å². The topological polar surface area (TPSA) is 56.5 Å². The molecule has 0 spiro atoms. The Morgan fingerprint density at radius 3 is 2.65 bits per heavy atom. The molecule has 2 atom stereocenters. The zero-order chi connectivity index (χ0) is 16.7. The number of likely N-dealkylation sites (N-methyl/N-ethyl adjacent to an activating group) is 1. The van der Waals surface area contributed by atoms with Gasteiger partial charge in [-0.2, -0.15) is 16.6 Å². The van der Waals surface area contributed by atoms with E-state index >= 15 is 0 Å². The maximum Gasteiger partial charge on any atom is 0.119 e. The van der Waals surface area contributed by atoms with Crippen LogP contribution in [-0.4, -0.2) is 42.4 Å². The molecule has 23 heavy (non-hydrogen) atoms. The molecule has 0 saturated heterocycles. The molecule has 0 aliphatic carbocycles. The number of nitrogens with zero attached hydrogens (tertiary/aromatic N) is 2. The largest absolute Gasteiger partial charge is 0.491 e. The lowest BCUT2D eigenvalue weighted by atomic mass is 10.1. The molecule has 2 rings (SSSR count). The van der Waals surface area contributed by atoms with Crippen LogP contribution in [0.3, 0.4) is 0 Å². The smallest absolute Gasteiger partial charge is 0.119 e. The van der Waals surface area contributed by atoms with Crippen molar-refractivity contribution >= 4 is 11.3 Å². The minimum atomic E-state index is -0.555. The van der Waals surface area contributed by atoms with Crippen molar-refractivity contribution in [1.29, 1.82) is 5.26 Å². The molecule has 2 aromatic rings. The first-order valence-corrected chi connectivity index (χ1v) is 8.55. The number of aliphatic hydroxyl groups excluding tert-OH is 1. The van der Waals surface area contributed by atoms with Crippen LogP contribution in [0.15, 0.2) is 41.1 Å². The second-order valence-electron chi connectivity index (χ2n) is 5.73. The molecule has 1 aromatic carbocycles. The highest BCUT2D eigenvalue weighted by molar-refractivity contribution is 7.07. The molecule has 1 heterocycles. The standard InChI is InChI=1S/C18H22N2O2S/c1-14(9-16-7-8-23-13-16)20(2)11-17(21)12-22-18-5-3-15(10-19)4-6-18/h3-8,13-14,17,21H,9,11-12H2,1-2H3. The zero-order valence-corrected chi connectivity index (χ0v) is 14.3. The van der Waals surface area contributed by atoms with E-state index in [1.807, 2.05) is 7.05 Å². The van der Waals surface area contributed by atoms with E-state index in [0.717, 1.165) is 6.42 Å². The van der Waals surface area contributed by atoms with Crippen LogP contribution in [0.2, 0.25) is 0 Å². The van der Waals surface area contributed by atoms with E-state index in [2.05, 4.69) is 34.7 Å². The van der Waals surface area contributed by atoms with Crippen molar-refractivity contribution in [2.45, 2.75) is 25.5 Å². The monoisotopic (exact) mass is 330 g/mol. The first kappa shape index (κ1) is 17.5. The highest BCUT2D eigenvalue weighted by Gasteiger charge is 2.15. The van der Waals surface area contributed by atoms with Gasteiger partial charge in [0.1, 0.15) is 18.5 Å². The van der Waals surface area contributed by atoms with Gasteiger partial charge in [0.2, 0.25) is 0 Å². The molecule has 0 radical (unpaired) electrons. The van der Waals surface area contributed by atoms with Gasteiger partial charge < -0.3 is 14.7 Å². The fraction of sp³-hybridized carbons (Fsp3) is 0.389. The Morgan fingerprint density at radius 2 is 2.04 bits per heavy atom. The summed E-state index contributed by atoms with van der Waals surface area (Å²) in [6.45, 7) is 2.95. The van der Waals surface area contributed by atoms with Gasteiger partial charge >= 0.3 is 0 Å². The van der Waals surface area contributed by atoms with Crippen LogP contribution in [0.25, 0.3) is 0 Å². The van der Waals surface area contributed by atoms with E-state index in [0.29, 0.717) is 23.9 Å². The summed E-state index contributed by atoms with van der Waals surface area (Å²) >= 11 is 1.71. The number of hydrogen-bond donors (Lipinski definition) is 1. The van der Waals surface area contributed by atoms with Crippen molar-refractivity contribution in [2.75, 3.05) is 20.2 Å². The maximum atomic E-state index is 10.1. The van der Waals surface area contributed by atoms with Crippen molar-refractivity contribution in [2.24, 2.45) is 0 Å². The fourth-order valence-electron chi connectivity index (χ4n) is 2.29. The molecule has 0 bridgehead atoms. The molecule has 5 heteroatoms. The molecule has 0 aliphatic heterocycles. The third-order valence-corrected chi connectivity index (χ3v) is 4.52. The minimum Gasteiger partial charge on any atom is -0.491 e. The Balaban J connectivity index is 1.74. The van der Waals surface area contributed by atoms with Gasteiger partial charge in [-0.1, -0.05) is 0 Å². The summed E-state index contributed by atoms with van der Waals surface area (Å²) < 4.78 is 5.57. The zero-order valence-electron chi connectivity index (χ0n) is 13.5. The fourth-order valence-corrected chi connectivity index (χ4v) is 2.97. The molecule has 122 valence electrons. The summed E-state index contributed by atoms with van der Waals surface area (Å²) in [5.74, 6) is 0.664. The number of thiophene rings is 1. The lowest BCUT2D eigenvalue weighted by molar-refractivity contribution is 0.0655. The Bertz CT molecular complexity index is 619. The van der Waals surface area contributed by atoms with Gasteiger partial charge in [-0.05, 0) is 67.0 Å². The van der Waals surface area contributed by atoms with E-state index in [1.54, 1.807) is 35.6 Å². The van der Waals surface area contributed by atoms with Gasteiger partial charge in [-0.25, -0.2) is 0 Å². The number of hydrogen-bond acceptors (Lipinski definition) is 5. The van der Waals surface area contributed by atoms with Crippen molar-refractivity contribution < 1.29 is 9.84 Å². The highest BCUT2D eigenvalue weighted by atomic mass is 32.1. The predicted molar refractivity (Wildman–Crippen MR) is 92.8 cm³/mol. The molecular formula is C18H22N2O2S. The van der Waals surface area contributed by atoms with Crippen molar-refractivity contribution in [3.05, 3.63) is 52.2 Å². The van der Waals surface area contributed by atoms with Crippen LogP contribution in [0.4, 0.5) is 0 Å². The summed E-state index contributed by atoms with van der Waals surface area (Å²) in [5.41, 5.74) is 1.93. The second kappa shape index (κ2) is 8.68. The van der Waals surface area contributed by atoms with E-state index < -0.39 is 6.10 Å². The van der Waals surface area contributed by atoms with Gasteiger partial charge in [0.15, 0.2) is 0 Å². The van der Waals surface area contributed by atoms with Gasteiger partial charge in [-0.15, -0.1) is 0 Å². The Labute approximate surface area is 141 Å². The second-order valence-corrected chi connectivity index (χ2v) is 6.51. The molecule has 4 nitrogen and oxygen atoms in total. The van der Waals surface area contributed by atoms with E-state index in [-0.39, 0.29) is 6.61 Å². The molecular weight excluding hydrogens is 308 g/mol. The van der Waals surface area contributed by atoms with Crippen LogP contribution in [-0.2, 0) is 6.42 Å². The lowest BCUT2D eigenvalue weighted by Gasteiger charge is -2.26. The Kier molecular flexibility index (Phi) is 6.60. The summed E-state index contributed by atoms with van der Waals surface area (Å²) in [4.78, 5) is 2.14. The summed E-state index contributed by atoms with van der Waals surface area (Å²) in [7, 11) is 2.02. The first-order valence-electron chi connectivity index (χ1n) is 7.61. The van der Waals surface area contributed by atoms with Gasteiger partial charge in [-0.3, -0.25) is 0 Å². The average molecular weight is 330 g/mol. The first-order chi connectivity index (χ1) is 11.1. The SMILES string of the molecule is CC(Cc1ccsc1)N(C)CC(O)COc1ccc(C#N)cc1. The number of ether oxygens (including phenoxy) is 1. The number of rotatable bonds is 8. The van der Waals surface area contributed by atoms with Crippen LogP contribution < -0.4 is 4.74 Å². The molecule has 1 aromatic heterocycles. The third kappa shape index (κ3) is 5.68. The summed E-state index contributed by atoms with van der Waals surface area (Å²) in [6, 6.07) is 11.5. The highest BCUT2D eigenvalue weighted by Crippen LogP contribution is 2.13. The van der Waals surface area contributed by atoms with Crippen LogP contribution in [0.1, 0.15) is 18.1 Å². The van der Waals surface area contributed by atoms with Crippen molar-refractivity contribution in [1.82, 2.24) is 4.90 Å². The van der Waals surface area contributed by atoms with E-state index in [9.17, 15) is 5.11 Å². The normalized spacial score (nSPS) is 13.5. The van der Waals surface area contributed by atoms with Gasteiger partial charge in [0.25, 0.3) is 0 Å². The molecule has 0 saturated carbocycles. The quantitative estimate of drug-likeness (QED) is 0.808. The number of nitriles is 1. The van der Waals surface area contributed by atoms with E-state index in [4.69, 9.17) is 10.00 Å². The average Bonchev–Trinajstić information content (AvgIpc) is 3.06. The molecule has 2 unspecified atom stereocenters. The Morgan fingerprint density at radius 1 is 1.30 bits per heavy atom. The summed E-state index contributed by atoms with van der Waals surface area (Å²) in [6.07, 6.45) is 0.420. The summed E-state index contributed by atoms with van der Waals surface area (Å²) in [5, 5.41) is 23.1. The number of aliphatic hydroxyl groups is 1. The van der Waals surface area contributed by atoms with E-state index in [1.165, 1.54) is 5.56 Å².